The van der Waals surface area contributed by atoms with E-state index in [2.05, 4.69) is 10.6 Å². The molecule has 1 rings (SSSR count). The maximum atomic E-state index is 12.5. The van der Waals surface area contributed by atoms with Crippen LogP contribution in [0.5, 0.6) is 0 Å². The van der Waals surface area contributed by atoms with Crippen LogP contribution in [0.1, 0.15) is 17.5 Å². The van der Waals surface area contributed by atoms with E-state index in [4.69, 9.17) is 5.11 Å². The van der Waals surface area contributed by atoms with Gasteiger partial charge in [0.15, 0.2) is 0 Å². The van der Waals surface area contributed by atoms with Crippen LogP contribution in [0.25, 0.3) is 0 Å². The molecule has 1 aromatic carbocycles. The molecule has 0 bridgehead atoms. The minimum Gasteiger partial charge on any atom is -0.481 e. The monoisotopic (exact) mass is 290 g/mol. The van der Waals surface area contributed by atoms with E-state index in [1.807, 2.05) is 0 Å². The first-order valence-corrected chi connectivity index (χ1v) is 5.64. The molecule has 0 unspecified atom stereocenters. The van der Waals surface area contributed by atoms with Crippen molar-refractivity contribution >= 4 is 17.7 Å². The molecule has 0 saturated heterocycles. The van der Waals surface area contributed by atoms with Crippen LogP contribution < -0.4 is 10.6 Å². The molecule has 0 atom stereocenters. The van der Waals surface area contributed by atoms with Gasteiger partial charge in [-0.15, -0.1) is 0 Å². The second-order valence-electron chi connectivity index (χ2n) is 4.05. The highest BCUT2D eigenvalue weighted by atomic mass is 19.4. The lowest BCUT2D eigenvalue weighted by Gasteiger charge is -2.13. The lowest BCUT2D eigenvalue weighted by Crippen LogP contribution is -2.30. The summed E-state index contributed by atoms with van der Waals surface area (Å²) in [4.78, 5) is 21.7. The van der Waals surface area contributed by atoms with Gasteiger partial charge in [0.05, 0.1) is 12.0 Å². The smallest absolute Gasteiger partial charge is 0.416 e. The number of carboxylic acid groups (broad SMARTS) is 1. The van der Waals surface area contributed by atoms with Gasteiger partial charge in [-0.05, 0) is 24.6 Å². The average molecular weight is 290 g/mol. The molecular formula is C12H13F3N2O3. The summed E-state index contributed by atoms with van der Waals surface area (Å²) in [5.74, 6) is -1.08. The number of urea groups is 1. The highest BCUT2D eigenvalue weighted by molar-refractivity contribution is 5.90. The van der Waals surface area contributed by atoms with Gasteiger partial charge < -0.3 is 15.7 Å². The van der Waals surface area contributed by atoms with Crippen molar-refractivity contribution in [3.63, 3.8) is 0 Å². The lowest BCUT2D eigenvalue weighted by molar-refractivity contribution is -0.138. The van der Waals surface area contributed by atoms with Gasteiger partial charge in [-0.25, -0.2) is 4.79 Å². The fourth-order valence-corrected chi connectivity index (χ4v) is 1.38. The Balaban J connectivity index is 2.71. The summed E-state index contributed by atoms with van der Waals surface area (Å²) in [5, 5.41) is 12.9. The van der Waals surface area contributed by atoms with Crippen molar-refractivity contribution in [1.82, 2.24) is 5.32 Å². The summed E-state index contributed by atoms with van der Waals surface area (Å²) in [5.41, 5.74) is -0.386. The highest BCUT2D eigenvalue weighted by Gasteiger charge is 2.30. The largest absolute Gasteiger partial charge is 0.481 e. The second kappa shape index (κ2) is 6.27. The number of hydrogen-bond donors (Lipinski definition) is 3. The Morgan fingerprint density at radius 1 is 1.30 bits per heavy atom. The van der Waals surface area contributed by atoms with Gasteiger partial charge >= 0.3 is 18.2 Å². The molecule has 8 heteroatoms. The van der Waals surface area contributed by atoms with Crippen LogP contribution in [-0.2, 0) is 11.0 Å². The highest BCUT2D eigenvalue weighted by Crippen LogP contribution is 2.31. The summed E-state index contributed by atoms with van der Waals surface area (Å²) in [6, 6.07) is 2.23. The normalized spacial score (nSPS) is 11.0. The van der Waals surface area contributed by atoms with Crippen LogP contribution in [0.15, 0.2) is 18.2 Å². The van der Waals surface area contributed by atoms with E-state index in [9.17, 15) is 22.8 Å². The Bertz CT molecular complexity index is 515. The lowest BCUT2D eigenvalue weighted by atomic mass is 10.1. The maximum absolute atomic E-state index is 12.5. The topological polar surface area (TPSA) is 78.4 Å². The van der Waals surface area contributed by atoms with Crippen LogP contribution >= 0.6 is 0 Å². The number of anilines is 1. The third kappa shape index (κ3) is 4.79. The van der Waals surface area contributed by atoms with Gasteiger partial charge in [0.1, 0.15) is 0 Å². The zero-order valence-corrected chi connectivity index (χ0v) is 10.5. The first-order chi connectivity index (χ1) is 9.20. The number of aliphatic carboxylic acids is 1. The predicted molar refractivity (Wildman–Crippen MR) is 65.5 cm³/mol. The van der Waals surface area contributed by atoms with Crippen molar-refractivity contribution in [3.05, 3.63) is 29.3 Å². The molecule has 2 amide bonds. The number of rotatable bonds is 4. The Morgan fingerprint density at radius 2 is 1.95 bits per heavy atom. The van der Waals surface area contributed by atoms with E-state index >= 15 is 0 Å². The van der Waals surface area contributed by atoms with Crippen LogP contribution in [0.2, 0.25) is 0 Å². The van der Waals surface area contributed by atoms with Crippen LogP contribution in [0, 0.1) is 6.92 Å². The summed E-state index contributed by atoms with van der Waals surface area (Å²) in [6.07, 6.45) is -4.76. The van der Waals surface area contributed by atoms with Gasteiger partial charge in [-0.3, -0.25) is 4.79 Å². The summed E-state index contributed by atoms with van der Waals surface area (Å²) >= 11 is 0. The minimum absolute atomic E-state index is 0.0210. The zero-order valence-electron chi connectivity index (χ0n) is 10.5. The molecule has 0 radical (unpaired) electrons. The molecule has 0 aliphatic rings. The molecule has 1 aromatic rings. The molecule has 0 saturated carbocycles. The third-order valence-corrected chi connectivity index (χ3v) is 2.44. The molecule has 0 aliphatic carbocycles. The van der Waals surface area contributed by atoms with Crippen molar-refractivity contribution in [2.75, 3.05) is 11.9 Å². The summed E-state index contributed by atoms with van der Waals surface area (Å²) < 4.78 is 37.6. The maximum Gasteiger partial charge on any atom is 0.416 e. The Hall–Kier alpha value is -2.25. The first-order valence-electron chi connectivity index (χ1n) is 5.64. The molecule has 0 aromatic heterocycles. The van der Waals surface area contributed by atoms with Gasteiger partial charge in [-0.1, -0.05) is 6.07 Å². The standard InChI is InChI=1S/C12H13F3N2O3/c1-7-2-3-8(12(13,14)15)6-9(7)17-11(20)16-5-4-10(18)19/h2-3,6H,4-5H2,1H3,(H,18,19)(H2,16,17,20). The SMILES string of the molecule is Cc1ccc(C(F)(F)F)cc1NC(=O)NCCC(=O)O. The van der Waals surface area contributed by atoms with Gasteiger partial charge in [-0.2, -0.15) is 13.2 Å². The second-order valence-corrected chi connectivity index (χ2v) is 4.05. The number of aryl methyl sites for hydroxylation is 1. The summed E-state index contributed by atoms with van der Waals surface area (Å²) in [7, 11) is 0. The van der Waals surface area contributed by atoms with Crippen molar-refractivity contribution in [3.8, 4) is 0 Å². The van der Waals surface area contributed by atoms with E-state index in [0.717, 1.165) is 12.1 Å². The molecule has 0 aliphatic heterocycles. The van der Waals surface area contributed by atoms with Gasteiger partial charge in [0.25, 0.3) is 0 Å². The first kappa shape index (κ1) is 15.8. The van der Waals surface area contributed by atoms with Crippen molar-refractivity contribution in [1.29, 1.82) is 0 Å². The molecule has 110 valence electrons. The van der Waals surface area contributed by atoms with E-state index in [1.54, 1.807) is 6.92 Å². The molecule has 20 heavy (non-hydrogen) atoms. The van der Waals surface area contributed by atoms with Gasteiger partial charge in [0.2, 0.25) is 0 Å². The zero-order chi connectivity index (χ0) is 15.3. The molecular weight excluding hydrogens is 277 g/mol. The van der Waals surface area contributed by atoms with Crippen molar-refractivity contribution < 1.29 is 27.9 Å². The predicted octanol–water partition coefficient (Wildman–Crippen LogP) is 2.61. The number of alkyl halides is 3. The average Bonchev–Trinajstić information content (AvgIpc) is 2.30. The van der Waals surface area contributed by atoms with Gasteiger partial charge in [0, 0.05) is 12.2 Å². The number of benzene rings is 1. The number of carbonyl (C=O) groups excluding carboxylic acids is 1. The Kier molecular flexibility index (Phi) is 4.95. The van der Waals surface area contributed by atoms with E-state index in [-0.39, 0.29) is 18.7 Å². The molecule has 0 fully saturated rings. The molecule has 3 N–H and O–H groups in total. The van der Waals surface area contributed by atoms with E-state index in [0.29, 0.717) is 5.56 Å². The van der Waals surface area contributed by atoms with Crippen LogP contribution in [-0.4, -0.2) is 23.7 Å². The number of amides is 2. The van der Waals surface area contributed by atoms with Crippen LogP contribution in [0.4, 0.5) is 23.7 Å². The van der Waals surface area contributed by atoms with E-state index in [1.165, 1.54) is 6.07 Å². The molecule has 0 spiro atoms. The summed E-state index contributed by atoms with van der Waals surface area (Å²) in [6.45, 7) is 1.44. The molecule has 5 nitrogen and oxygen atoms in total. The number of carboxylic acids is 1. The number of halogens is 3. The van der Waals surface area contributed by atoms with E-state index < -0.39 is 23.7 Å². The minimum atomic E-state index is -4.50. The fourth-order valence-electron chi connectivity index (χ4n) is 1.38. The van der Waals surface area contributed by atoms with Crippen molar-refractivity contribution in [2.24, 2.45) is 0 Å². The third-order valence-electron chi connectivity index (χ3n) is 2.44. The number of carbonyl (C=O) groups is 2. The fraction of sp³-hybridized carbons (Fsp3) is 0.333. The molecule has 0 heterocycles. The number of hydrogen-bond acceptors (Lipinski definition) is 2. The number of nitrogens with one attached hydrogen (secondary N) is 2. The Morgan fingerprint density at radius 3 is 2.50 bits per heavy atom. The Labute approximate surface area is 112 Å². The quantitative estimate of drug-likeness (QED) is 0.797. The van der Waals surface area contributed by atoms with Crippen LogP contribution in [0.3, 0.4) is 0 Å². The van der Waals surface area contributed by atoms with Crippen molar-refractivity contribution in [2.45, 2.75) is 19.5 Å².